The third-order valence-corrected chi connectivity index (χ3v) is 3.65. The first kappa shape index (κ1) is 17.3. The molecule has 21 heavy (non-hydrogen) atoms. The summed E-state index contributed by atoms with van der Waals surface area (Å²) < 4.78 is 0. The van der Waals surface area contributed by atoms with Crippen LogP contribution in [0.15, 0.2) is 24.3 Å². The number of rotatable bonds is 9. The minimum Gasteiger partial charge on any atom is -0.507 e. The van der Waals surface area contributed by atoms with Crippen LogP contribution in [0.25, 0.3) is 0 Å². The second kappa shape index (κ2) is 8.50. The first-order valence-electron chi connectivity index (χ1n) is 7.74. The van der Waals surface area contributed by atoms with E-state index >= 15 is 0 Å². The van der Waals surface area contributed by atoms with Gasteiger partial charge in [-0.15, -0.1) is 0 Å². The molecule has 0 spiro atoms. The van der Waals surface area contributed by atoms with Crippen LogP contribution in [-0.2, 0) is 24.1 Å². The molecule has 0 saturated heterocycles. The van der Waals surface area contributed by atoms with Gasteiger partial charge < -0.3 is 10.2 Å². The van der Waals surface area contributed by atoms with Crippen LogP contribution in [0.4, 0.5) is 0 Å². The fourth-order valence-corrected chi connectivity index (χ4v) is 2.37. The van der Waals surface area contributed by atoms with Gasteiger partial charge in [0.05, 0.1) is 0 Å². The molecule has 0 fully saturated rings. The monoisotopic (exact) mass is 290 g/mol. The van der Waals surface area contributed by atoms with Crippen molar-refractivity contribution in [3.8, 4) is 5.75 Å². The van der Waals surface area contributed by atoms with Gasteiger partial charge in [-0.1, -0.05) is 45.4 Å². The molecule has 1 rings (SSSR count). The highest BCUT2D eigenvalue weighted by Gasteiger charge is 2.12. The van der Waals surface area contributed by atoms with Gasteiger partial charge in [-0.05, 0) is 42.4 Å². The molecule has 0 atom stereocenters. The molecule has 0 aliphatic heterocycles. The lowest BCUT2D eigenvalue weighted by atomic mass is 9.94. The van der Waals surface area contributed by atoms with Crippen molar-refractivity contribution in [3.63, 3.8) is 0 Å². The maximum atomic E-state index is 10.9. The van der Waals surface area contributed by atoms with Gasteiger partial charge in [0, 0.05) is 12.0 Å². The zero-order valence-corrected chi connectivity index (χ0v) is 13.1. The summed E-state index contributed by atoms with van der Waals surface area (Å²) in [7, 11) is 0. The zero-order valence-electron chi connectivity index (χ0n) is 13.1. The van der Waals surface area contributed by atoms with Gasteiger partial charge in [-0.25, -0.2) is 4.79 Å². The number of carboxylic acids is 1. The molecule has 0 aliphatic rings. The van der Waals surface area contributed by atoms with E-state index in [1.54, 1.807) is 0 Å². The normalized spacial score (nSPS) is 10.6. The predicted octanol–water partition coefficient (Wildman–Crippen LogP) is 4.26. The van der Waals surface area contributed by atoms with E-state index in [0.29, 0.717) is 12.2 Å². The third-order valence-electron chi connectivity index (χ3n) is 3.65. The van der Waals surface area contributed by atoms with Crippen LogP contribution in [0.3, 0.4) is 0 Å². The summed E-state index contributed by atoms with van der Waals surface area (Å²) in [4.78, 5) is 10.9. The zero-order chi connectivity index (χ0) is 15.8. The number of phenolic OH excluding ortho intramolecular Hbond substituents is 1. The first-order valence-corrected chi connectivity index (χ1v) is 7.74. The lowest BCUT2D eigenvalue weighted by Crippen LogP contribution is -2.04. The summed E-state index contributed by atoms with van der Waals surface area (Å²) in [5, 5.41) is 19.3. The van der Waals surface area contributed by atoms with Gasteiger partial charge in [0.15, 0.2) is 0 Å². The molecule has 0 unspecified atom stereocenters. The van der Waals surface area contributed by atoms with Crippen LogP contribution >= 0.6 is 0 Å². The molecule has 0 saturated carbocycles. The van der Waals surface area contributed by atoms with Gasteiger partial charge in [-0.2, -0.15) is 0 Å². The van der Waals surface area contributed by atoms with E-state index in [1.165, 1.54) is 0 Å². The van der Waals surface area contributed by atoms with Crippen LogP contribution < -0.4 is 0 Å². The van der Waals surface area contributed by atoms with Gasteiger partial charge in [0.2, 0.25) is 0 Å². The highest BCUT2D eigenvalue weighted by atomic mass is 16.4. The van der Waals surface area contributed by atoms with E-state index in [1.807, 2.05) is 12.1 Å². The Labute approximate surface area is 127 Å². The van der Waals surface area contributed by atoms with Crippen molar-refractivity contribution in [1.29, 1.82) is 0 Å². The number of benzene rings is 1. The highest BCUT2D eigenvalue weighted by Crippen LogP contribution is 2.28. The van der Waals surface area contributed by atoms with Crippen molar-refractivity contribution in [2.45, 2.75) is 58.8 Å². The molecule has 0 aromatic heterocycles. The van der Waals surface area contributed by atoms with Crippen LogP contribution in [0.5, 0.6) is 5.75 Å². The fourth-order valence-electron chi connectivity index (χ4n) is 2.37. The number of phenols is 1. The van der Waals surface area contributed by atoms with Crippen LogP contribution in [0.2, 0.25) is 0 Å². The number of aromatic hydroxyl groups is 1. The minimum atomic E-state index is -0.965. The highest BCUT2D eigenvalue weighted by molar-refractivity contribution is 5.86. The summed E-state index contributed by atoms with van der Waals surface area (Å²) in [5.41, 5.74) is 2.97. The number of carboxylic acid groups (broad SMARTS) is 1. The van der Waals surface area contributed by atoms with Crippen LogP contribution in [-0.4, -0.2) is 16.2 Å². The number of hydrogen-bond acceptors (Lipinski definition) is 2. The Morgan fingerprint density at radius 1 is 1.10 bits per heavy atom. The van der Waals surface area contributed by atoms with Gasteiger partial charge in [0.25, 0.3) is 0 Å². The molecule has 3 nitrogen and oxygen atoms in total. The average Bonchev–Trinajstić information content (AvgIpc) is 2.45. The molecule has 1 aromatic rings. The van der Waals surface area contributed by atoms with Crippen molar-refractivity contribution < 1.29 is 15.0 Å². The van der Waals surface area contributed by atoms with Crippen molar-refractivity contribution in [2.75, 3.05) is 0 Å². The smallest absolute Gasteiger partial charge is 0.331 e. The van der Waals surface area contributed by atoms with Crippen molar-refractivity contribution in [1.82, 2.24) is 0 Å². The van der Waals surface area contributed by atoms with Crippen molar-refractivity contribution in [2.24, 2.45) is 0 Å². The standard InChI is InChI=1S/C18H26O3/c1-4-6-8-15-11-14(10-13(3)18(20)21)12-16(17(15)19)9-7-5-2/h11-12,19H,3-10H2,1-2H3,(H,20,21). The molecular formula is C18H26O3. The lowest BCUT2D eigenvalue weighted by Gasteiger charge is -2.13. The Bertz CT molecular complexity index is 474. The summed E-state index contributed by atoms with van der Waals surface area (Å²) in [6.07, 6.45) is 6.15. The van der Waals surface area contributed by atoms with Crippen molar-refractivity contribution in [3.05, 3.63) is 41.0 Å². The maximum absolute atomic E-state index is 10.9. The lowest BCUT2D eigenvalue weighted by molar-refractivity contribution is -0.132. The van der Waals surface area contributed by atoms with Crippen LogP contribution in [0, 0.1) is 0 Å². The Balaban J connectivity index is 3.06. The average molecular weight is 290 g/mol. The first-order chi connectivity index (χ1) is 9.99. The summed E-state index contributed by atoms with van der Waals surface area (Å²) in [6, 6.07) is 3.85. The number of carbonyl (C=O) groups is 1. The minimum absolute atomic E-state index is 0.184. The van der Waals surface area contributed by atoms with Gasteiger partial charge in [0.1, 0.15) is 5.75 Å². The quantitative estimate of drug-likeness (QED) is 0.668. The molecule has 1 aromatic carbocycles. The Morgan fingerprint density at radius 3 is 1.95 bits per heavy atom. The molecule has 2 N–H and O–H groups in total. The van der Waals surface area contributed by atoms with E-state index in [4.69, 9.17) is 5.11 Å². The van der Waals surface area contributed by atoms with Gasteiger partial charge in [-0.3, -0.25) is 0 Å². The predicted molar refractivity (Wildman–Crippen MR) is 85.8 cm³/mol. The van der Waals surface area contributed by atoms with Crippen molar-refractivity contribution >= 4 is 5.97 Å². The molecule has 0 radical (unpaired) electrons. The Kier molecular flexibility index (Phi) is 7.00. The molecule has 0 bridgehead atoms. The van der Waals surface area contributed by atoms with Gasteiger partial charge >= 0.3 is 5.97 Å². The Morgan fingerprint density at radius 2 is 1.57 bits per heavy atom. The molecule has 0 heterocycles. The van der Waals surface area contributed by atoms with E-state index < -0.39 is 5.97 Å². The van der Waals surface area contributed by atoms with Crippen LogP contribution in [0.1, 0.15) is 56.2 Å². The molecule has 0 amide bonds. The summed E-state index contributed by atoms with van der Waals surface area (Å²) in [5.74, 6) is -0.574. The van der Waals surface area contributed by atoms with E-state index in [0.717, 1.165) is 55.2 Å². The van der Waals surface area contributed by atoms with E-state index in [-0.39, 0.29) is 5.57 Å². The molecule has 116 valence electrons. The summed E-state index contributed by atoms with van der Waals surface area (Å²) in [6.45, 7) is 7.83. The largest absolute Gasteiger partial charge is 0.507 e. The molecule has 0 aliphatic carbocycles. The second-order valence-corrected chi connectivity index (χ2v) is 5.56. The topological polar surface area (TPSA) is 57.5 Å². The second-order valence-electron chi connectivity index (χ2n) is 5.56. The van der Waals surface area contributed by atoms with E-state index in [2.05, 4.69) is 20.4 Å². The number of aliphatic carboxylic acids is 1. The number of aryl methyl sites for hydroxylation is 2. The maximum Gasteiger partial charge on any atom is 0.331 e. The third kappa shape index (κ3) is 5.25. The molecular weight excluding hydrogens is 264 g/mol. The molecule has 3 heteroatoms. The number of hydrogen-bond donors (Lipinski definition) is 2. The summed E-state index contributed by atoms with van der Waals surface area (Å²) >= 11 is 0. The SMILES string of the molecule is C=C(Cc1cc(CCCC)c(O)c(CCCC)c1)C(=O)O. The van der Waals surface area contributed by atoms with E-state index in [9.17, 15) is 9.90 Å². The Hall–Kier alpha value is -1.77. The fraction of sp³-hybridized carbons (Fsp3) is 0.500. The number of unbranched alkanes of at least 4 members (excludes halogenated alkanes) is 2.